The first-order chi connectivity index (χ1) is 9.67. The lowest BCUT2D eigenvalue weighted by molar-refractivity contribution is -0.137. The van der Waals surface area contributed by atoms with E-state index in [0.29, 0.717) is 5.69 Å². The molecular formula is C13H12F3NO3S. The number of benzene rings is 1. The second-order valence-electron chi connectivity index (χ2n) is 5.42. The summed E-state index contributed by atoms with van der Waals surface area (Å²) in [5.74, 6) is -0.644. The summed E-state index contributed by atoms with van der Waals surface area (Å²) in [7, 11) is -3.18. The molecule has 0 aliphatic carbocycles. The molecule has 2 aliphatic rings. The summed E-state index contributed by atoms with van der Waals surface area (Å²) in [6.07, 6.45) is -4.31. The molecule has 2 heterocycles. The van der Waals surface area contributed by atoms with Crippen LogP contribution in [0.25, 0.3) is 0 Å². The van der Waals surface area contributed by atoms with Gasteiger partial charge in [0.1, 0.15) is 0 Å². The largest absolute Gasteiger partial charge is 0.416 e. The highest BCUT2D eigenvalue weighted by atomic mass is 32.2. The van der Waals surface area contributed by atoms with E-state index in [2.05, 4.69) is 0 Å². The third kappa shape index (κ3) is 2.52. The minimum atomic E-state index is -4.44. The fraction of sp³-hybridized carbons (Fsp3) is 0.462. The summed E-state index contributed by atoms with van der Waals surface area (Å²) in [6, 6.07) is 3.78. The smallest absolute Gasteiger partial charge is 0.308 e. The molecule has 114 valence electrons. The van der Waals surface area contributed by atoms with Crippen molar-refractivity contribution in [1.82, 2.24) is 0 Å². The van der Waals surface area contributed by atoms with Crippen molar-refractivity contribution in [2.75, 3.05) is 16.4 Å². The van der Waals surface area contributed by atoms with E-state index in [4.69, 9.17) is 0 Å². The Morgan fingerprint density at radius 1 is 1.10 bits per heavy atom. The SMILES string of the molecule is O=C1C[C@H]2CS(=O)(=O)C[C@H]2N1c1ccc(C(F)(F)F)cc1. The lowest BCUT2D eigenvalue weighted by Gasteiger charge is -2.23. The molecule has 0 spiro atoms. The number of hydrogen-bond donors (Lipinski definition) is 0. The summed E-state index contributed by atoms with van der Waals surface area (Å²) in [5, 5.41) is 0. The monoisotopic (exact) mass is 319 g/mol. The minimum Gasteiger partial charge on any atom is -0.308 e. The molecule has 0 N–H and O–H groups in total. The van der Waals surface area contributed by atoms with Crippen molar-refractivity contribution in [3.8, 4) is 0 Å². The number of hydrogen-bond acceptors (Lipinski definition) is 3. The Hall–Kier alpha value is -1.57. The first-order valence-electron chi connectivity index (χ1n) is 6.37. The van der Waals surface area contributed by atoms with Crippen LogP contribution in [0.5, 0.6) is 0 Å². The van der Waals surface area contributed by atoms with Gasteiger partial charge in [0, 0.05) is 18.0 Å². The normalized spacial score (nSPS) is 28.0. The average Bonchev–Trinajstić information content (AvgIpc) is 2.78. The molecule has 2 atom stereocenters. The van der Waals surface area contributed by atoms with E-state index in [-0.39, 0.29) is 29.8 Å². The molecule has 1 aromatic rings. The predicted octanol–water partition coefficient (Wildman–Crippen LogP) is 1.86. The summed E-state index contributed by atoms with van der Waals surface area (Å²) in [6.45, 7) is 0. The fourth-order valence-corrected chi connectivity index (χ4v) is 5.11. The Morgan fingerprint density at radius 2 is 1.71 bits per heavy atom. The molecule has 0 unspecified atom stereocenters. The van der Waals surface area contributed by atoms with Gasteiger partial charge in [-0.2, -0.15) is 13.2 Å². The number of fused-ring (bicyclic) bond motifs is 1. The van der Waals surface area contributed by atoms with Crippen LogP contribution in [0, 0.1) is 5.92 Å². The maximum absolute atomic E-state index is 12.5. The first kappa shape index (κ1) is 14.4. The van der Waals surface area contributed by atoms with Crippen LogP contribution < -0.4 is 4.90 Å². The number of anilines is 1. The molecule has 4 nitrogen and oxygen atoms in total. The second kappa shape index (κ2) is 4.46. The van der Waals surface area contributed by atoms with Crippen molar-refractivity contribution in [3.05, 3.63) is 29.8 Å². The Kier molecular flexibility index (Phi) is 3.05. The van der Waals surface area contributed by atoms with Gasteiger partial charge in [0.25, 0.3) is 0 Å². The molecule has 2 fully saturated rings. The summed E-state index contributed by atoms with van der Waals surface area (Å²) in [4.78, 5) is 13.3. The quantitative estimate of drug-likeness (QED) is 0.794. The van der Waals surface area contributed by atoms with Gasteiger partial charge in [0.15, 0.2) is 9.84 Å². The molecule has 1 aromatic carbocycles. The second-order valence-corrected chi connectivity index (χ2v) is 7.57. The first-order valence-corrected chi connectivity index (χ1v) is 8.19. The Labute approximate surface area is 119 Å². The molecule has 0 radical (unpaired) electrons. The van der Waals surface area contributed by atoms with Gasteiger partial charge in [-0.1, -0.05) is 0 Å². The van der Waals surface area contributed by atoms with E-state index < -0.39 is 27.6 Å². The van der Waals surface area contributed by atoms with Crippen LogP contribution in [0.15, 0.2) is 24.3 Å². The third-order valence-corrected chi connectivity index (χ3v) is 5.73. The highest BCUT2D eigenvalue weighted by Crippen LogP contribution is 2.38. The predicted molar refractivity (Wildman–Crippen MR) is 69.5 cm³/mol. The van der Waals surface area contributed by atoms with Crippen molar-refractivity contribution in [2.24, 2.45) is 5.92 Å². The minimum absolute atomic E-state index is 0.0272. The van der Waals surface area contributed by atoms with Crippen LogP contribution >= 0.6 is 0 Å². The fourth-order valence-electron chi connectivity index (χ4n) is 3.04. The Morgan fingerprint density at radius 3 is 2.29 bits per heavy atom. The Bertz CT molecular complexity index is 682. The number of alkyl halides is 3. The van der Waals surface area contributed by atoms with Crippen LogP contribution in [0.3, 0.4) is 0 Å². The number of sulfone groups is 1. The number of rotatable bonds is 1. The summed E-state index contributed by atoms with van der Waals surface area (Å²) in [5.41, 5.74) is -0.480. The van der Waals surface area contributed by atoms with E-state index >= 15 is 0 Å². The number of carbonyl (C=O) groups excluding carboxylic acids is 1. The molecule has 21 heavy (non-hydrogen) atoms. The number of carbonyl (C=O) groups is 1. The number of nitrogens with zero attached hydrogens (tertiary/aromatic N) is 1. The van der Waals surface area contributed by atoms with Gasteiger partial charge in [-0.05, 0) is 24.3 Å². The standard InChI is InChI=1S/C13H12F3NO3S/c14-13(15,16)9-1-3-10(4-2-9)17-11-7-21(19,20)6-8(11)5-12(17)18/h1-4,8,11H,5-7H2/t8-,11+/m0/s1. The zero-order valence-corrected chi connectivity index (χ0v) is 11.6. The molecule has 0 saturated carbocycles. The molecule has 3 rings (SSSR count). The Balaban J connectivity index is 1.91. The van der Waals surface area contributed by atoms with Crippen molar-refractivity contribution in [1.29, 1.82) is 0 Å². The van der Waals surface area contributed by atoms with Crippen molar-refractivity contribution < 1.29 is 26.4 Å². The van der Waals surface area contributed by atoms with Crippen LogP contribution in [0.2, 0.25) is 0 Å². The van der Waals surface area contributed by atoms with Gasteiger partial charge >= 0.3 is 6.18 Å². The molecule has 2 saturated heterocycles. The summed E-state index contributed by atoms with van der Waals surface area (Å²) < 4.78 is 60.8. The van der Waals surface area contributed by atoms with E-state index in [1.54, 1.807) is 0 Å². The van der Waals surface area contributed by atoms with Gasteiger partial charge in [0.2, 0.25) is 5.91 Å². The maximum Gasteiger partial charge on any atom is 0.416 e. The van der Waals surface area contributed by atoms with Crippen molar-refractivity contribution in [2.45, 2.75) is 18.6 Å². The van der Waals surface area contributed by atoms with Crippen LogP contribution in [-0.4, -0.2) is 31.9 Å². The van der Waals surface area contributed by atoms with Crippen LogP contribution in [0.1, 0.15) is 12.0 Å². The van der Waals surface area contributed by atoms with Gasteiger partial charge in [-0.15, -0.1) is 0 Å². The van der Waals surface area contributed by atoms with E-state index in [1.165, 1.54) is 17.0 Å². The lowest BCUT2D eigenvalue weighted by Crippen LogP contribution is -2.36. The number of amides is 1. The van der Waals surface area contributed by atoms with Crippen LogP contribution in [0.4, 0.5) is 18.9 Å². The molecule has 8 heteroatoms. The van der Waals surface area contributed by atoms with E-state index in [0.717, 1.165) is 12.1 Å². The molecular weight excluding hydrogens is 307 g/mol. The maximum atomic E-state index is 12.5. The molecule has 1 amide bonds. The van der Waals surface area contributed by atoms with Crippen molar-refractivity contribution >= 4 is 21.4 Å². The molecule has 2 aliphatic heterocycles. The van der Waals surface area contributed by atoms with Gasteiger partial charge < -0.3 is 4.90 Å². The lowest BCUT2D eigenvalue weighted by atomic mass is 10.0. The zero-order chi connectivity index (χ0) is 15.4. The molecule has 0 aromatic heterocycles. The van der Waals surface area contributed by atoms with Crippen molar-refractivity contribution in [3.63, 3.8) is 0 Å². The number of halogens is 3. The van der Waals surface area contributed by atoms with Crippen LogP contribution in [-0.2, 0) is 20.8 Å². The van der Waals surface area contributed by atoms with E-state index in [9.17, 15) is 26.4 Å². The van der Waals surface area contributed by atoms with E-state index in [1.807, 2.05) is 0 Å². The molecule has 0 bridgehead atoms. The highest BCUT2D eigenvalue weighted by molar-refractivity contribution is 7.91. The topological polar surface area (TPSA) is 54.5 Å². The zero-order valence-electron chi connectivity index (χ0n) is 10.8. The van der Waals surface area contributed by atoms with Gasteiger partial charge in [-0.25, -0.2) is 8.42 Å². The third-order valence-electron chi connectivity index (χ3n) is 3.95. The average molecular weight is 319 g/mol. The van der Waals surface area contributed by atoms with Gasteiger partial charge in [0.05, 0.1) is 23.1 Å². The van der Waals surface area contributed by atoms with Gasteiger partial charge in [-0.3, -0.25) is 4.79 Å². The summed E-state index contributed by atoms with van der Waals surface area (Å²) >= 11 is 0. The highest BCUT2D eigenvalue weighted by Gasteiger charge is 2.49.